The lowest BCUT2D eigenvalue weighted by Crippen LogP contribution is -1.93. The Morgan fingerprint density at radius 3 is 2.29 bits per heavy atom. The van der Waals surface area contributed by atoms with Crippen LogP contribution in [0.15, 0.2) is 36.4 Å². The standard InChI is InChI=1S/C15H16O2/c1-10-8-14(16)13(15(17)11(10)2)9-12-6-4-3-5-7-12/h3-8,16-17H,9H2,1-2H3. The summed E-state index contributed by atoms with van der Waals surface area (Å²) in [5, 5.41) is 20.0. The molecule has 2 nitrogen and oxygen atoms in total. The third kappa shape index (κ3) is 2.26. The second kappa shape index (κ2) is 4.50. The number of rotatable bonds is 2. The van der Waals surface area contributed by atoms with Crippen molar-refractivity contribution in [3.63, 3.8) is 0 Å². The van der Waals surface area contributed by atoms with Gasteiger partial charge in [0.15, 0.2) is 0 Å². The first-order valence-corrected chi connectivity index (χ1v) is 5.64. The van der Waals surface area contributed by atoms with Crippen molar-refractivity contribution in [3.8, 4) is 11.5 Å². The third-order valence-electron chi connectivity index (χ3n) is 3.12. The van der Waals surface area contributed by atoms with Crippen LogP contribution in [0.1, 0.15) is 22.3 Å². The fourth-order valence-electron chi connectivity index (χ4n) is 1.91. The fraction of sp³-hybridized carbons (Fsp3) is 0.200. The van der Waals surface area contributed by atoms with Gasteiger partial charge < -0.3 is 10.2 Å². The van der Waals surface area contributed by atoms with Gasteiger partial charge in [-0.05, 0) is 36.6 Å². The Labute approximate surface area is 101 Å². The molecule has 2 heteroatoms. The maximum Gasteiger partial charge on any atom is 0.125 e. The molecule has 2 aromatic carbocycles. The molecule has 0 atom stereocenters. The molecule has 0 aliphatic carbocycles. The number of phenols is 2. The van der Waals surface area contributed by atoms with Crippen molar-refractivity contribution in [1.29, 1.82) is 0 Å². The van der Waals surface area contributed by atoms with E-state index in [1.54, 1.807) is 6.07 Å². The lowest BCUT2D eigenvalue weighted by atomic mass is 9.98. The number of hydrogen-bond donors (Lipinski definition) is 2. The van der Waals surface area contributed by atoms with Gasteiger partial charge in [-0.25, -0.2) is 0 Å². The van der Waals surface area contributed by atoms with Gasteiger partial charge >= 0.3 is 0 Å². The van der Waals surface area contributed by atoms with Crippen molar-refractivity contribution < 1.29 is 10.2 Å². The molecule has 0 saturated carbocycles. The molecule has 17 heavy (non-hydrogen) atoms. The van der Waals surface area contributed by atoms with Gasteiger partial charge in [-0.3, -0.25) is 0 Å². The minimum atomic E-state index is 0.162. The smallest absolute Gasteiger partial charge is 0.125 e. The number of phenolic OH excluding ortho intramolecular Hbond substituents is 2. The van der Waals surface area contributed by atoms with Gasteiger partial charge in [0.25, 0.3) is 0 Å². The van der Waals surface area contributed by atoms with Crippen molar-refractivity contribution in [1.82, 2.24) is 0 Å². The molecule has 0 spiro atoms. The largest absolute Gasteiger partial charge is 0.508 e. The highest BCUT2D eigenvalue weighted by atomic mass is 16.3. The van der Waals surface area contributed by atoms with E-state index in [9.17, 15) is 10.2 Å². The van der Waals surface area contributed by atoms with Crippen LogP contribution in [-0.4, -0.2) is 10.2 Å². The molecule has 0 saturated heterocycles. The number of benzene rings is 2. The van der Waals surface area contributed by atoms with E-state index in [1.165, 1.54) is 0 Å². The molecule has 2 aromatic rings. The summed E-state index contributed by atoms with van der Waals surface area (Å²) in [6.07, 6.45) is 0.541. The fourth-order valence-corrected chi connectivity index (χ4v) is 1.91. The first-order valence-electron chi connectivity index (χ1n) is 5.64. The predicted molar refractivity (Wildman–Crippen MR) is 68.5 cm³/mol. The second-order valence-electron chi connectivity index (χ2n) is 4.33. The van der Waals surface area contributed by atoms with E-state index in [4.69, 9.17) is 0 Å². The topological polar surface area (TPSA) is 40.5 Å². The van der Waals surface area contributed by atoms with Crippen molar-refractivity contribution in [2.24, 2.45) is 0 Å². The molecule has 0 aliphatic rings. The summed E-state index contributed by atoms with van der Waals surface area (Å²) in [7, 11) is 0. The quantitative estimate of drug-likeness (QED) is 0.828. The first kappa shape index (κ1) is 11.5. The zero-order valence-corrected chi connectivity index (χ0v) is 10.1. The number of aromatic hydroxyl groups is 2. The molecule has 0 bridgehead atoms. The van der Waals surface area contributed by atoms with Gasteiger partial charge in [-0.15, -0.1) is 0 Å². The molecule has 0 fully saturated rings. The Kier molecular flexibility index (Phi) is 3.05. The summed E-state index contributed by atoms with van der Waals surface area (Å²) in [5.74, 6) is 0.362. The van der Waals surface area contributed by atoms with E-state index >= 15 is 0 Å². The Morgan fingerprint density at radius 2 is 1.65 bits per heavy atom. The highest BCUT2D eigenvalue weighted by Gasteiger charge is 2.12. The van der Waals surface area contributed by atoms with Gasteiger partial charge in [0.2, 0.25) is 0 Å². The highest BCUT2D eigenvalue weighted by molar-refractivity contribution is 5.53. The van der Waals surface area contributed by atoms with Crippen LogP contribution in [0.5, 0.6) is 11.5 Å². The maximum atomic E-state index is 10.1. The van der Waals surface area contributed by atoms with Crippen LogP contribution in [-0.2, 0) is 6.42 Å². The minimum absolute atomic E-state index is 0.162. The molecule has 0 unspecified atom stereocenters. The summed E-state index contributed by atoms with van der Waals surface area (Å²) < 4.78 is 0. The van der Waals surface area contributed by atoms with E-state index in [0.717, 1.165) is 16.7 Å². The Bertz CT molecular complexity index is 530. The minimum Gasteiger partial charge on any atom is -0.508 e. The van der Waals surface area contributed by atoms with Crippen LogP contribution >= 0.6 is 0 Å². The van der Waals surface area contributed by atoms with Crippen LogP contribution in [0.25, 0.3) is 0 Å². The van der Waals surface area contributed by atoms with E-state index in [1.807, 2.05) is 44.2 Å². The molecule has 88 valence electrons. The summed E-state index contributed by atoms with van der Waals surface area (Å²) >= 11 is 0. The van der Waals surface area contributed by atoms with Crippen LogP contribution in [0, 0.1) is 13.8 Å². The van der Waals surface area contributed by atoms with Crippen LogP contribution in [0.3, 0.4) is 0 Å². The van der Waals surface area contributed by atoms with Gasteiger partial charge in [0.05, 0.1) is 0 Å². The van der Waals surface area contributed by atoms with Crippen molar-refractivity contribution >= 4 is 0 Å². The molecule has 0 amide bonds. The van der Waals surface area contributed by atoms with Gasteiger partial charge in [0, 0.05) is 12.0 Å². The predicted octanol–water partition coefficient (Wildman–Crippen LogP) is 3.31. The Balaban J connectivity index is 2.43. The van der Waals surface area contributed by atoms with E-state index < -0.39 is 0 Å². The molecular weight excluding hydrogens is 212 g/mol. The summed E-state index contributed by atoms with van der Waals surface area (Å²) in [4.78, 5) is 0. The van der Waals surface area contributed by atoms with Crippen molar-refractivity contribution in [2.45, 2.75) is 20.3 Å². The normalized spacial score (nSPS) is 10.5. The molecule has 2 rings (SSSR count). The average molecular weight is 228 g/mol. The molecule has 0 heterocycles. The molecule has 2 N–H and O–H groups in total. The highest BCUT2D eigenvalue weighted by Crippen LogP contribution is 2.34. The summed E-state index contributed by atoms with van der Waals surface area (Å²) in [6.45, 7) is 3.74. The molecule has 0 aliphatic heterocycles. The molecule has 0 radical (unpaired) electrons. The average Bonchev–Trinajstić information content (AvgIpc) is 2.33. The van der Waals surface area contributed by atoms with Crippen LogP contribution in [0.4, 0.5) is 0 Å². The van der Waals surface area contributed by atoms with E-state index in [0.29, 0.717) is 12.0 Å². The first-order chi connectivity index (χ1) is 8.09. The SMILES string of the molecule is Cc1cc(O)c(Cc2ccccc2)c(O)c1C. The lowest BCUT2D eigenvalue weighted by molar-refractivity contribution is 0.437. The van der Waals surface area contributed by atoms with E-state index in [2.05, 4.69) is 0 Å². The van der Waals surface area contributed by atoms with Crippen LogP contribution < -0.4 is 0 Å². The zero-order chi connectivity index (χ0) is 12.4. The summed E-state index contributed by atoms with van der Waals surface area (Å²) in [5.41, 5.74) is 3.39. The third-order valence-corrected chi connectivity index (χ3v) is 3.12. The second-order valence-corrected chi connectivity index (χ2v) is 4.33. The van der Waals surface area contributed by atoms with Crippen molar-refractivity contribution in [2.75, 3.05) is 0 Å². The van der Waals surface area contributed by atoms with E-state index in [-0.39, 0.29) is 11.5 Å². The Hall–Kier alpha value is -1.96. The lowest BCUT2D eigenvalue weighted by Gasteiger charge is -2.12. The number of aryl methyl sites for hydroxylation is 1. The van der Waals surface area contributed by atoms with Gasteiger partial charge in [-0.2, -0.15) is 0 Å². The van der Waals surface area contributed by atoms with Gasteiger partial charge in [0.1, 0.15) is 11.5 Å². The maximum absolute atomic E-state index is 10.1. The van der Waals surface area contributed by atoms with Gasteiger partial charge in [-0.1, -0.05) is 30.3 Å². The number of hydrogen-bond acceptors (Lipinski definition) is 2. The molecule has 0 aromatic heterocycles. The van der Waals surface area contributed by atoms with Crippen molar-refractivity contribution in [3.05, 3.63) is 58.7 Å². The molecular formula is C15H16O2. The van der Waals surface area contributed by atoms with Crippen LogP contribution in [0.2, 0.25) is 0 Å². The monoisotopic (exact) mass is 228 g/mol. The summed E-state index contributed by atoms with van der Waals surface area (Å²) in [6, 6.07) is 11.5. The Morgan fingerprint density at radius 1 is 1.00 bits per heavy atom. The zero-order valence-electron chi connectivity index (χ0n) is 10.1.